The van der Waals surface area contributed by atoms with Crippen LogP contribution >= 0.6 is 0 Å². The summed E-state index contributed by atoms with van der Waals surface area (Å²) in [5, 5.41) is 1.30. The van der Waals surface area contributed by atoms with E-state index in [0.29, 0.717) is 5.69 Å². The van der Waals surface area contributed by atoms with Crippen molar-refractivity contribution in [3.63, 3.8) is 0 Å². The summed E-state index contributed by atoms with van der Waals surface area (Å²) >= 11 is 0. The fourth-order valence-corrected chi connectivity index (χ4v) is 1.90. The number of hydrazine groups is 1. The van der Waals surface area contributed by atoms with Crippen molar-refractivity contribution < 1.29 is 9.59 Å². The molecule has 0 radical (unpaired) electrons. The first kappa shape index (κ1) is 12.4. The molecule has 1 aliphatic heterocycles. The number of carbonyl (C=O) groups excluding carboxylic acids is 2. The Kier molecular flexibility index (Phi) is 2.95. The Morgan fingerprint density at radius 1 is 1.11 bits per heavy atom. The number of rotatable bonds is 1. The Bertz CT molecular complexity index is 569. The molecule has 4 nitrogen and oxygen atoms in total. The minimum absolute atomic E-state index is 0.230. The molecule has 0 bridgehead atoms. The standard InChI is InChI=1S/C14H16N2O2/c1-8(2)12-13(17)15-16(14(12)18)11-6-5-9(3)10(4)7-11/h5-7H,1-4H3,(H,15,17). The van der Waals surface area contributed by atoms with Crippen LogP contribution in [0.4, 0.5) is 5.69 Å². The Morgan fingerprint density at radius 2 is 1.78 bits per heavy atom. The maximum absolute atomic E-state index is 12.1. The highest BCUT2D eigenvalue weighted by Gasteiger charge is 2.35. The van der Waals surface area contributed by atoms with Gasteiger partial charge in [-0.2, -0.15) is 0 Å². The van der Waals surface area contributed by atoms with E-state index in [4.69, 9.17) is 0 Å². The molecule has 18 heavy (non-hydrogen) atoms. The molecule has 0 saturated carbocycles. The molecular weight excluding hydrogens is 228 g/mol. The highest BCUT2D eigenvalue weighted by molar-refractivity contribution is 6.29. The third kappa shape index (κ3) is 1.90. The number of nitrogens with zero attached hydrogens (tertiary/aromatic N) is 1. The summed E-state index contributed by atoms with van der Waals surface area (Å²) < 4.78 is 0. The van der Waals surface area contributed by atoms with Crippen molar-refractivity contribution in [2.45, 2.75) is 27.7 Å². The van der Waals surface area contributed by atoms with Crippen molar-refractivity contribution in [2.24, 2.45) is 0 Å². The van der Waals surface area contributed by atoms with Crippen LogP contribution in [0.15, 0.2) is 29.3 Å². The zero-order valence-corrected chi connectivity index (χ0v) is 11.0. The summed E-state index contributed by atoms with van der Waals surface area (Å²) in [6.45, 7) is 7.50. The van der Waals surface area contributed by atoms with Crippen LogP contribution in [-0.4, -0.2) is 11.8 Å². The Hall–Kier alpha value is -2.10. The summed E-state index contributed by atoms with van der Waals surface area (Å²) in [7, 11) is 0. The molecule has 1 fully saturated rings. The summed E-state index contributed by atoms with van der Waals surface area (Å²) in [6, 6.07) is 5.65. The first-order valence-corrected chi connectivity index (χ1v) is 5.82. The van der Waals surface area contributed by atoms with Crippen LogP contribution < -0.4 is 10.4 Å². The van der Waals surface area contributed by atoms with E-state index in [2.05, 4.69) is 5.43 Å². The largest absolute Gasteiger partial charge is 0.282 e. The zero-order valence-electron chi connectivity index (χ0n) is 11.0. The molecular formula is C14H16N2O2. The Labute approximate surface area is 106 Å². The van der Waals surface area contributed by atoms with Gasteiger partial charge in [-0.3, -0.25) is 15.0 Å². The van der Waals surface area contributed by atoms with E-state index >= 15 is 0 Å². The lowest BCUT2D eigenvalue weighted by Crippen LogP contribution is -2.35. The fourth-order valence-electron chi connectivity index (χ4n) is 1.90. The minimum Gasteiger partial charge on any atom is -0.267 e. The van der Waals surface area contributed by atoms with Gasteiger partial charge in [-0.25, -0.2) is 5.01 Å². The van der Waals surface area contributed by atoms with Gasteiger partial charge in [-0.05, 0) is 51.0 Å². The van der Waals surface area contributed by atoms with Crippen LogP contribution in [0.25, 0.3) is 0 Å². The molecule has 0 spiro atoms. The van der Waals surface area contributed by atoms with Crippen LogP contribution in [0.2, 0.25) is 0 Å². The van der Waals surface area contributed by atoms with E-state index in [0.717, 1.165) is 16.7 Å². The molecule has 0 aliphatic carbocycles. The van der Waals surface area contributed by atoms with Crippen molar-refractivity contribution >= 4 is 17.5 Å². The second-order valence-corrected chi connectivity index (χ2v) is 4.73. The summed E-state index contributed by atoms with van der Waals surface area (Å²) in [4.78, 5) is 23.9. The average Bonchev–Trinajstić information content (AvgIpc) is 2.58. The molecule has 4 heteroatoms. The predicted octanol–water partition coefficient (Wildman–Crippen LogP) is 2.02. The van der Waals surface area contributed by atoms with Gasteiger partial charge in [0.25, 0.3) is 11.8 Å². The van der Waals surface area contributed by atoms with Crippen molar-refractivity contribution in [3.8, 4) is 0 Å². The predicted molar refractivity (Wildman–Crippen MR) is 69.9 cm³/mol. The molecule has 1 aromatic rings. The van der Waals surface area contributed by atoms with Gasteiger partial charge in [0.2, 0.25) is 0 Å². The molecule has 1 N–H and O–H groups in total. The zero-order chi connectivity index (χ0) is 13.4. The molecule has 0 atom stereocenters. The van der Waals surface area contributed by atoms with Crippen LogP contribution in [0.1, 0.15) is 25.0 Å². The Balaban J connectivity index is 2.42. The normalized spacial score (nSPS) is 15.1. The minimum atomic E-state index is -0.335. The van der Waals surface area contributed by atoms with E-state index < -0.39 is 0 Å². The van der Waals surface area contributed by atoms with Crippen molar-refractivity contribution in [2.75, 3.05) is 5.01 Å². The van der Waals surface area contributed by atoms with E-state index in [-0.39, 0.29) is 17.4 Å². The number of nitrogens with one attached hydrogen (secondary N) is 1. The number of hydrogen-bond donors (Lipinski definition) is 1. The van der Waals surface area contributed by atoms with E-state index in [1.54, 1.807) is 13.8 Å². The summed E-state index contributed by atoms with van der Waals surface area (Å²) in [5.41, 5.74) is 6.46. The maximum atomic E-state index is 12.1. The fraction of sp³-hybridized carbons (Fsp3) is 0.286. The summed E-state index contributed by atoms with van der Waals surface area (Å²) in [5.74, 6) is -0.624. The van der Waals surface area contributed by atoms with Crippen molar-refractivity contribution in [1.29, 1.82) is 0 Å². The smallest absolute Gasteiger partial charge is 0.267 e. The number of carbonyl (C=O) groups is 2. The topological polar surface area (TPSA) is 49.4 Å². The van der Waals surface area contributed by atoms with Crippen LogP contribution in [0.3, 0.4) is 0 Å². The summed E-state index contributed by atoms with van der Waals surface area (Å²) in [6.07, 6.45) is 0. The van der Waals surface area contributed by atoms with E-state index in [1.807, 2.05) is 32.0 Å². The first-order chi connectivity index (χ1) is 8.41. The van der Waals surface area contributed by atoms with Gasteiger partial charge >= 0.3 is 0 Å². The molecule has 94 valence electrons. The van der Waals surface area contributed by atoms with Crippen molar-refractivity contribution in [1.82, 2.24) is 5.43 Å². The van der Waals surface area contributed by atoms with E-state index in [1.165, 1.54) is 5.01 Å². The average molecular weight is 244 g/mol. The number of aryl methyl sites for hydroxylation is 2. The number of benzene rings is 1. The quantitative estimate of drug-likeness (QED) is 0.607. The first-order valence-electron chi connectivity index (χ1n) is 5.82. The van der Waals surface area contributed by atoms with Crippen LogP contribution in [-0.2, 0) is 9.59 Å². The lowest BCUT2D eigenvalue weighted by molar-refractivity contribution is -0.117. The lowest BCUT2D eigenvalue weighted by Gasteiger charge is -2.16. The second-order valence-electron chi connectivity index (χ2n) is 4.73. The van der Waals surface area contributed by atoms with Gasteiger partial charge in [0.05, 0.1) is 5.69 Å². The monoisotopic (exact) mass is 244 g/mol. The SMILES string of the molecule is CC(C)=C1C(=O)NN(c2ccc(C)c(C)c2)C1=O. The van der Waals surface area contributed by atoms with Crippen LogP contribution in [0, 0.1) is 13.8 Å². The van der Waals surface area contributed by atoms with Crippen molar-refractivity contribution in [3.05, 3.63) is 40.5 Å². The second kappa shape index (κ2) is 4.29. The molecule has 1 aliphatic rings. The maximum Gasteiger partial charge on any atom is 0.282 e. The molecule has 1 aromatic carbocycles. The van der Waals surface area contributed by atoms with Gasteiger partial charge in [0.1, 0.15) is 5.57 Å². The van der Waals surface area contributed by atoms with Gasteiger partial charge in [0, 0.05) is 0 Å². The highest BCUT2D eigenvalue weighted by Crippen LogP contribution is 2.23. The number of allylic oxidation sites excluding steroid dienone is 1. The molecule has 0 aromatic heterocycles. The molecule has 2 rings (SSSR count). The number of hydrogen-bond acceptors (Lipinski definition) is 2. The molecule has 2 amide bonds. The number of anilines is 1. The van der Waals surface area contributed by atoms with Gasteiger partial charge in [-0.15, -0.1) is 0 Å². The molecule has 1 heterocycles. The molecule has 0 unspecified atom stereocenters. The molecule has 1 saturated heterocycles. The van der Waals surface area contributed by atoms with Gasteiger partial charge < -0.3 is 0 Å². The highest BCUT2D eigenvalue weighted by atomic mass is 16.2. The van der Waals surface area contributed by atoms with Gasteiger partial charge in [-0.1, -0.05) is 11.6 Å². The lowest BCUT2D eigenvalue weighted by atomic mass is 10.1. The number of amides is 2. The third-order valence-electron chi connectivity index (χ3n) is 3.11. The third-order valence-corrected chi connectivity index (χ3v) is 3.11. The van der Waals surface area contributed by atoms with Gasteiger partial charge in [0.15, 0.2) is 0 Å². The van der Waals surface area contributed by atoms with E-state index in [9.17, 15) is 9.59 Å². The van der Waals surface area contributed by atoms with Crippen LogP contribution in [0.5, 0.6) is 0 Å². The Morgan fingerprint density at radius 3 is 2.28 bits per heavy atom.